The van der Waals surface area contributed by atoms with Gasteiger partial charge in [0.25, 0.3) is 0 Å². The van der Waals surface area contributed by atoms with Crippen LogP contribution in [0.2, 0.25) is 0 Å². The van der Waals surface area contributed by atoms with Crippen LogP contribution in [0.15, 0.2) is 59.1 Å². The molecule has 0 spiro atoms. The Bertz CT molecular complexity index is 807. The van der Waals surface area contributed by atoms with Crippen LogP contribution in [0, 0.1) is 6.92 Å². The number of benzene rings is 2. The van der Waals surface area contributed by atoms with Gasteiger partial charge in [0.2, 0.25) is 0 Å². The van der Waals surface area contributed by atoms with Gasteiger partial charge >= 0.3 is 5.97 Å². The maximum Gasteiger partial charge on any atom is 0.358 e. The summed E-state index contributed by atoms with van der Waals surface area (Å²) in [6.07, 6.45) is 0.447. The Morgan fingerprint density at radius 2 is 1.74 bits per heavy atom. The normalized spacial score (nSPS) is 10.5. The van der Waals surface area contributed by atoms with Crippen LogP contribution in [0.3, 0.4) is 0 Å². The summed E-state index contributed by atoms with van der Waals surface area (Å²) in [5, 5.41) is 12.7. The van der Waals surface area contributed by atoms with Crippen LogP contribution in [-0.2, 0) is 6.42 Å². The zero-order valence-electron chi connectivity index (χ0n) is 12.5. The highest BCUT2D eigenvalue weighted by molar-refractivity contribution is 5.87. The van der Waals surface area contributed by atoms with Gasteiger partial charge in [-0.05, 0) is 36.8 Å². The second-order valence-corrected chi connectivity index (χ2v) is 5.11. The van der Waals surface area contributed by atoms with Crippen molar-refractivity contribution in [2.45, 2.75) is 13.3 Å². The quantitative estimate of drug-likeness (QED) is 0.769. The Morgan fingerprint density at radius 3 is 2.39 bits per heavy atom. The van der Waals surface area contributed by atoms with Crippen molar-refractivity contribution < 1.29 is 19.2 Å². The van der Waals surface area contributed by atoms with E-state index in [4.69, 9.17) is 14.4 Å². The van der Waals surface area contributed by atoms with E-state index in [1.165, 1.54) is 0 Å². The summed E-state index contributed by atoms with van der Waals surface area (Å²) in [6.45, 7) is 1.71. The van der Waals surface area contributed by atoms with E-state index >= 15 is 0 Å². The largest absolute Gasteiger partial charge is 0.476 e. The summed E-state index contributed by atoms with van der Waals surface area (Å²) >= 11 is 0. The third-order valence-electron chi connectivity index (χ3n) is 3.47. The lowest BCUT2D eigenvalue weighted by Crippen LogP contribution is -2.02. The van der Waals surface area contributed by atoms with E-state index in [0.29, 0.717) is 17.7 Å². The number of nitrogens with zero attached hydrogens (tertiary/aromatic N) is 1. The number of para-hydroxylation sites is 1. The van der Waals surface area contributed by atoms with Crippen LogP contribution in [0.5, 0.6) is 11.5 Å². The molecule has 2 aromatic carbocycles. The molecular formula is C18H15NO4. The number of aryl methyl sites for hydroxylation is 1. The molecule has 0 fully saturated rings. The Labute approximate surface area is 133 Å². The minimum absolute atomic E-state index is 0.0351. The summed E-state index contributed by atoms with van der Waals surface area (Å²) in [7, 11) is 0. The SMILES string of the molecule is Cc1onc(C(=O)O)c1Cc1ccc(Oc2ccccc2)cc1. The molecule has 0 aliphatic rings. The summed E-state index contributed by atoms with van der Waals surface area (Å²) in [6, 6.07) is 17.0. The fraction of sp³-hybridized carbons (Fsp3) is 0.111. The smallest absolute Gasteiger partial charge is 0.358 e. The van der Waals surface area contributed by atoms with Gasteiger partial charge in [-0.2, -0.15) is 0 Å². The first-order chi connectivity index (χ1) is 11.1. The predicted octanol–water partition coefficient (Wildman–Crippen LogP) is 4.06. The molecule has 1 heterocycles. The molecule has 3 rings (SSSR count). The second kappa shape index (κ2) is 6.36. The number of rotatable bonds is 5. The van der Waals surface area contributed by atoms with Gasteiger partial charge in [-0.3, -0.25) is 0 Å². The Kier molecular flexibility index (Phi) is 4.10. The van der Waals surface area contributed by atoms with Crippen molar-refractivity contribution in [1.82, 2.24) is 5.16 Å². The van der Waals surface area contributed by atoms with Gasteiger partial charge in [0.1, 0.15) is 17.3 Å². The first-order valence-electron chi connectivity index (χ1n) is 7.14. The van der Waals surface area contributed by atoms with E-state index in [1.54, 1.807) is 6.92 Å². The summed E-state index contributed by atoms with van der Waals surface area (Å²) in [4.78, 5) is 11.1. The minimum Gasteiger partial charge on any atom is -0.476 e. The molecule has 0 saturated heterocycles. The summed E-state index contributed by atoms with van der Waals surface area (Å²) < 4.78 is 10.7. The van der Waals surface area contributed by atoms with Crippen LogP contribution in [-0.4, -0.2) is 16.2 Å². The molecule has 3 aromatic rings. The lowest BCUT2D eigenvalue weighted by molar-refractivity contribution is 0.0685. The molecule has 0 bridgehead atoms. The molecule has 1 aromatic heterocycles. The Morgan fingerprint density at radius 1 is 1.09 bits per heavy atom. The molecule has 5 nitrogen and oxygen atoms in total. The van der Waals surface area contributed by atoms with Gasteiger partial charge < -0.3 is 14.4 Å². The molecule has 1 N–H and O–H groups in total. The van der Waals surface area contributed by atoms with Crippen molar-refractivity contribution in [2.75, 3.05) is 0 Å². The zero-order valence-corrected chi connectivity index (χ0v) is 12.5. The van der Waals surface area contributed by atoms with Gasteiger partial charge in [-0.1, -0.05) is 35.5 Å². The molecule has 0 atom stereocenters. The number of hydrogen-bond donors (Lipinski definition) is 1. The van der Waals surface area contributed by atoms with Crippen LogP contribution >= 0.6 is 0 Å². The van der Waals surface area contributed by atoms with Crippen molar-refractivity contribution in [3.05, 3.63) is 77.2 Å². The highest BCUT2D eigenvalue weighted by atomic mass is 16.5. The number of carboxylic acid groups (broad SMARTS) is 1. The fourth-order valence-corrected chi connectivity index (χ4v) is 2.27. The maximum absolute atomic E-state index is 11.1. The van der Waals surface area contributed by atoms with Crippen molar-refractivity contribution in [2.24, 2.45) is 0 Å². The number of hydrogen-bond acceptors (Lipinski definition) is 4. The fourth-order valence-electron chi connectivity index (χ4n) is 2.27. The summed E-state index contributed by atoms with van der Waals surface area (Å²) in [5.74, 6) is 0.927. The highest BCUT2D eigenvalue weighted by Crippen LogP contribution is 2.23. The molecule has 0 saturated carbocycles. The third-order valence-corrected chi connectivity index (χ3v) is 3.47. The van der Waals surface area contributed by atoms with Crippen LogP contribution in [0.1, 0.15) is 27.4 Å². The highest BCUT2D eigenvalue weighted by Gasteiger charge is 2.19. The lowest BCUT2D eigenvalue weighted by atomic mass is 10.0. The van der Waals surface area contributed by atoms with Crippen molar-refractivity contribution in [1.29, 1.82) is 0 Å². The first kappa shape index (κ1) is 14.8. The standard InChI is InChI=1S/C18H15NO4/c1-12-16(17(18(20)21)19-23-12)11-13-7-9-15(10-8-13)22-14-5-3-2-4-6-14/h2-10H,11H2,1H3,(H,20,21). The Balaban J connectivity index is 1.76. The molecule has 116 valence electrons. The molecular weight excluding hydrogens is 294 g/mol. The van der Waals surface area contributed by atoms with E-state index in [1.807, 2.05) is 54.6 Å². The van der Waals surface area contributed by atoms with Gasteiger partial charge in [-0.25, -0.2) is 4.79 Å². The lowest BCUT2D eigenvalue weighted by Gasteiger charge is -2.06. The van der Waals surface area contributed by atoms with Crippen LogP contribution < -0.4 is 4.74 Å². The minimum atomic E-state index is -1.08. The van der Waals surface area contributed by atoms with E-state index < -0.39 is 5.97 Å². The molecule has 0 amide bonds. The second-order valence-electron chi connectivity index (χ2n) is 5.11. The van der Waals surface area contributed by atoms with Gasteiger partial charge in [0.05, 0.1) is 0 Å². The van der Waals surface area contributed by atoms with E-state index in [-0.39, 0.29) is 5.69 Å². The van der Waals surface area contributed by atoms with Crippen molar-refractivity contribution >= 4 is 5.97 Å². The topological polar surface area (TPSA) is 72.6 Å². The predicted molar refractivity (Wildman–Crippen MR) is 84.0 cm³/mol. The number of ether oxygens (including phenoxy) is 1. The molecule has 23 heavy (non-hydrogen) atoms. The zero-order chi connectivity index (χ0) is 16.2. The number of carbonyl (C=O) groups is 1. The molecule has 0 radical (unpaired) electrons. The average molecular weight is 309 g/mol. The van der Waals surface area contributed by atoms with Crippen molar-refractivity contribution in [3.63, 3.8) is 0 Å². The van der Waals surface area contributed by atoms with Crippen LogP contribution in [0.25, 0.3) is 0 Å². The monoisotopic (exact) mass is 309 g/mol. The van der Waals surface area contributed by atoms with E-state index in [9.17, 15) is 4.79 Å². The Hall–Kier alpha value is -3.08. The molecule has 0 aliphatic heterocycles. The molecule has 0 unspecified atom stereocenters. The van der Waals surface area contributed by atoms with E-state index in [2.05, 4.69) is 5.16 Å². The summed E-state index contributed by atoms with van der Waals surface area (Å²) in [5.41, 5.74) is 1.51. The number of carboxylic acids is 1. The first-order valence-corrected chi connectivity index (χ1v) is 7.14. The van der Waals surface area contributed by atoms with Gasteiger partial charge in [0.15, 0.2) is 5.69 Å². The third kappa shape index (κ3) is 3.40. The number of aromatic carboxylic acids is 1. The van der Waals surface area contributed by atoms with Gasteiger partial charge in [-0.15, -0.1) is 0 Å². The van der Waals surface area contributed by atoms with Crippen molar-refractivity contribution in [3.8, 4) is 11.5 Å². The molecule has 0 aliphatic carbocycles. The number of aromatic nitrogens is 1. The van der Waals surface area contributed by atoms with E-state index in [0.717, 1.165) is 17.1 Å². The van der Waals surface area contributed by atoms with Gasteiger partial charge in [0, 0.05) is 12.0 Å². The maximum atomic E-state index is 11.1. The average Bonchev–Trinajstić information content (AvgIpc) is 2.91. The van der Waals surface area contributed by atoms with Crippen LogP contribution in [0.4, 0.5) is 0 Å². The molecule has 5 heteroatoms.